The second kappa shape index (κ2) is 9.45. The second-order valence-corrected chi connectivity index (χ2v) is 11.3. The fourth-order valence-corrected chi connectivity index (χ4v) is 4.39. The molecule has 3 rings (SSSR count). The van der Waals surface area contributed by atoms with Crippen LogP contribution >= 0.6 is 15.9 Å². The van der Waals surface area contributed by atoms with Crippen LogP contribution < -0.4 is 4.74 Å². The monoisotopic (exact) mass is 529 g/mol. The van der Waals surface area contributed by atoms with Gasteiger partial charge < -0.3 is 19.0 Å². The van der Waals surface area contributed by atoms with Crippen molar-refractivity contribution in [2.75, 3.05) is 7.11 Å². The van der Waals surface area contributed by atoms with Gasteiger partial charge in [-0.25, -0.2) is 9.78 Å². The van der Waals surface area contributed by atoms with Gasteiger partial charge in [-0.05, 0) is 52.6 Å². The van der Waals surface area contributed by atoms with E-state index in [0.717, 1.165) is 21.2 Å². The van der Waals surface area contributed by atoms with Crippen LogP contribution in [0.25, 0.3) is 0 Å². The van der Waals surface area contributed by atoms with E-state index in [-0.39, 0.29) is 10.8 Å². The Morgan fingerprint density at radius 1 is 1.06 bits per heavy atom. The van der Waals surface area contributed by atoms with Crippen molar-refractivity contribution in [1.29, 1.82) is 0 Å². The summed E-state index contributed by atoms with van der Waals surface area (Å²) in [4.78, 5) is 16.6. The standard InChI is InChI=1S/C27H32BrNO5/c1-15-23(29-14-33-15)22(18-13-17(28)9-10-21(18)34-25(31)32-8)16-11-19(26(2,3)4)24(30)20(12-16)27(5,6)7/h9-14,22,30H,1-8H3. The van der Waals surface area contributed by atoms with Crippen LogP contribution in [0.2, 0.25) is 0 Å². The van der Waals surface area contributed by atoms with Gasteiger partial charge in [-0.1, -0.05) is 69.6 Å². The Labute approximate surface area is 209 Å². The van der Waals surface area contributed by atoms with E-state index in [0.29, 0.717) is 28.5 Å². The van der Waals surface area contributed by atoms with Crippen molar-refractivity contribution in [3.05, 3.63) is 74.9 Å². The summed E-state index contributed by atoms with van der Waals surface area (Å²) in [6.45, 7) is 14.3. The maximum Gasteiger partial charge on any atom is 0.513 e. The minimum absolute atomic E-state index is 0.291. The molecule has 1 N–H and O–H groups in total. The van der Waals surface area contributed by atoms with Gasteiger partial charge in [0.25, 0.3) is 0 Å². The summed E-state index contributed by atoms with van der Waals surface area (Å²) < 4.78 is 16.7. The highest BCUT2D eigenvalue weighted by atomic mass is 79.9. The third kappa shape index (κ3) is 5.30. The molecular formula is C27H32BrNO5. The molecule has 1 unspecified atom stereocenters. The Bertz CT molecular complexity index is 1170. The van der Waals surface area contributed by atoms with Crippen molar-refractivity contribution >= 4 is 22.1 Å². The lowest BCUT2D eigenvalue weighted by molar-refractivity contribution is 0.121. The number of aromatic hydroxyl groups is 1. The maximum absolute atomic E-state index is 12.0. The number of phenolic OH excluding ortho intramolecular Hbond substituents is 1. The van der Waals surface area contributed by atoms with Crippen LogP contribution in [0.3, 0.4) is 0 Å². The number of carbonyl (C=O) groups is 1. The van der Waals surface area contributed by atoms with Crippen molar-refractivity contribution in [1.82, 2.24) is 4.98 Å². The van der Waals surface area contributed by atoms with Gasteiger partial charge in [0.15, 0.2) is 6.39 Å². The molecule has 0 aliphatic carbocycles. The number of carbonyl (C=O) groups excluding carboxylic acids is 1. The molecule has 0 fully saturated rings. The molecule has 0 saturated heterocycles. The van der Waals surface area contributed by atoms with E-state index in [1.54, 1.807) is 12.1 Å². The lowest BCUT2D eigenvalue weighted by Crippen LogP contribution is -2.19. The first kappa shape index (κ1) is 25.8. The second-order valence-electron chi connectivity index (χ2n) is 10.4. The first-order valence-electron chi connectivity index (χ1n) is 11.1. The third-order valence-corrected chi connectivity index (χ3v) is 6.27. The van der Waals surface area contributed by atoms with Gasteiger partial charge in [0.1, 0.15) is 17.3 Å². The number of methoxy groups -OCH3 is 1. The zero-order valence-corrected chi connectivity index (χ0v) is 22.5. The van der Waals surface area contributed by atoms with E-state index in [2.05, 4.69) is 62.5 Å². The number of oxazole rings is 1. The Morgan fingerprint density at radius 3 is 2.12 bits per heavy atom. The fourth-order valence-electron chi connectivity index (χ4n) is 4.01. The highest BCUT2D eigenvalue weighted by Crippen LogP contribution is 2.45. The summed E-state index contributed by atoms with van der Waals surface area (Å²) in [7, 11) is 1.27. The number of benzene rings is 2. The summed E-state index contributed by atoms with van der Waals surface area (Å²) in [6, 6.07) is 9.43. The predicted molar refractivity (Wildman–Crippen MR) is 135 cm³/mol. The molecule has 0 amide bonds. The van der Waals surface area contributed by atoms with Crippen LogP contribution in [-0.2, 0) is 15.6 Å². The van der Waals surface area contributed by atoms with E-state index < -0.39 is 12.1 Å². The maximum atomic E-state index is 12.0. The first-order valence-corrected chi connectivity index (χ1v) is 11.9. The zero-order chi connectivity index (χ0) is 25.4. The Hall–Kier alpha value is -2.80. The number of ether oxygens (including phenoxy) is 2. The fraction of sp³-hybridized carbons (Fsp3) is 0.407. The average Bonchev–Trinajstić information content (AvgIpc) is 3.14. The topological polar surface area (TPSA) is 81.8 Å². The van der Waals surface area contributed by atoms with Crippen LogP contribution in [0, 0.1) is 6.92 Å². The van der Waals surface area contributed by atoms with E-state index in [1.807, 2.05) is 25.1 Å². The molecule has 3 aromatic rings. The number of aromatic nitrogens is 1. The average molecular weight is 530 g/mol. The Morgan fingerprint density at radius 2 is 1.65 bits per heavy atom. The molecule has 0 saturated carbocycles. The van der Waals surface area contributed by atoms with E-state index in [1.165, 1.54) is 13.5 Å². The number of hydrogen-bond acceptors (Lipinski definition) is 6. The summed E-state index contributed by atoms with van der Waals surface area (Å²) in [5.74, 6) is 0.861. The molecule has 34 heavy (non-hydrogen) atoms. The quantitative estimate of drug-likeness (QED) is 0.280. The number of hydrogen-bond donors (Lipinski definition) is 1. The van der Waals surface area contributed by atoms with Crippen molar-refractivity contribution in [3.8, 4) is 11.5 Å². The highest BCUT2D eigenvalue weighted by molar-refractivity contribution is 9.10. The van der Waals surface area contributed by atoms with Crippen LogP contribution in [0.5, 0.6) is 11.5 Å². The smallest absolute Gasteiger partial charge is 0.507 e. The molecule has 2 aromatic carbocycles. The molecule has 1 heterocycles. The van der Waals surface area contributed by atoms with Crippen LogP contribution in [0.1, 0.15) is 81.2 Å². The third-order valence-electron chi connectivity index (χ3n) is 5.78. The van der Waals surface area contributed by atoms with Gasteiger partial charge >= 0.3 is 6.16 Å². The van der Waals surface area contributed by atoms with Gasteiger partial charge in [-0.3, -0.25) is 0 Å². The minimum Gasteiger partial charge on any atom is -0.507 e. The number of phenols is 1. The van der Waals surface area contributed by atoms with Crippen molar-refractivity contribution < 1.29 is 23.8 Å². The number of halogens is 1. The largest absolute Gasteiger partial charge is 0.513 e. The molecule has 0 aliphatic rings. The number of rotatable bonds is 4. The van der Waals surface area contributed by atoms with Crippen molar-refractivity contribution in [2.45, 2.75) is 65.2 Å². The van der Waals surface area contributed by atoms with E-state index >= 15 is 0 Å². The SMILES string of the molecule is COC(=O)Oc1ccc(Br)cc1C(c1cc(C(C)(C)C)c(O)c(C(C)(C)C)c1)c1ncoc1C. The van der Waals surface area contributed by atoms with Gasteiger partial charge in [0.2, 0.25) is 0 Å². The predicted octanol–water partition coefficient (Wildman–Crippen LogP) is 7.37. The zero-order valence-electron chi connectivity index (χ0n) is 20.9. The number of nitrogens with zero attached hydrogens (tertiary/aromatic N) is 1. The van der Waals surface area contributed by atoms with E-state index in [4.69, 9.17) is 13.9 Å². The van der Waals surface area contributed by atoms with Gasteiger partial charge in [0.05, 0.1) is 18.7 Å². The summed E-state index contributed by atoms with van der Waals surface area (Å²) in [6.07, 6.45) is 0.599. The van der Waals surface area contributed by atoms with Crippen molar-refractivity contribution in [3.63, 3.8) is 0 Å². The van der Waals surface area contributed by atoms with Crippen LogP contribution in [-0.4, -0.2) is 23.4 Å². The first-order chi connectivity index (χ1) is 15.7. The lowest BCUT2D eigenvalue weighted by atomic mass is 9.75. The van der Waals surface area contributed by atoms with Gasteiger partial charge in [-0.15, -0.1) is 0 Å². The van der Waals surface area contributed by atoms with Crippen LogP contribution in [0.15, 0.2) is 45.6 Å². The summed E-state index contributed by atoms with van der Waals surface area (Å²) in [5.41, 5.74) is 3.33. The number of aryl methyl sites for hydroxylation is 1. The molecule has 1 atom stereocenters. The van der Waals surface area contributed by atoms with E-state index in [9.17, 15) is 9.90 Å². The normalized spacial score (nSPS) is 13.0. The molecule has 0 radical (unpaired) electrons. The lowest BCUT2D eigenvalue weighted by Gasteiger charge is -2.30. The molecule has 0 aliphatic heterocycles. The van der Waals surface area contributed by atoms with Crippen molar-refractivity contribution in [2.24, 2.45) is 0 Å². The molecule has 1 aromatic heterocycles. The molecule has 6 nitrogen and oxygen atoms in total. The molecule has 7 heteroatoms. The molecule has 0 spiro atoms. The summed E-state index contributed by atoms with van der Waals surface area (Å²) >= 11 is 3.55. The van der Waals surface area contributed by atoms with Crippen LogP contribution in [0.4, 0.5) is 4.79 Å². The Kier molecular flexibility index (Phi) is 7.18. The molecular weight excluding hydrogens is 498 g/mol. The summed E-state index contributed by atoms with van der Waals surface area (Å²) in [5, 5.41) is 11.2. The Balaban J connectivity index is 2.40. The van der Waals surface area contributed by atoms with Gasteiger partial charge in [0, 0.05) is 10.0 Å². The molecule has 182 valence electrons. The van der Waals surface area contributed by atoms with Gasteiger partial charge in [-0.2, -0.15) is 0 Å². The molecule has 0 bridgehead atoms. The highest BCUT2D eigenvalue weighted by Gasteiger charge is 2.32. The minimum atomic E-state index is -0.810.